The van der Waals surface area contributed by atoms with Crippen LogP contribution in [0.5, 0.6) is 5.75 Å². The molecule has 0 aromatic heterocycles. The molecule has 0 aliphatic rings. The molecular formula is C15H14F2O. The summed E-state index contributed by atoms with van der Waals surface area (Å²) in [6, 6.07) is 11.1. The van der Waals surface area contributed by atoms with Crippen LogP contribution in [0, 0.1) is 11.6 Å². The molecule has 94 valence electrons. The molecule has 0 bridgehead atoms. The van der Waals surface area contributed by atoms with Gasteiger partial charge in [-0.05, 0) is 36.2 Å². The first-order valence-electron chi connectivity index (χ1n) is 5.84. The summed E-state index contributed by atoms with van der Waals surface area (Å²) in [5.41, 5.74) is 1.56. The summed E-state index contributed by atoms with van der Waals surface area (Å²) < 4.78 is 31.5. The summed E-state index contributed by atoms with van der Waals surface area (Å²) in [7, 11) is 0. The maximum atomic E-state index is 13.4. The van der Waals surface area contributed by atoms with E-state index in [1.54, 1.807) is 0 Å². The Morgan fingerprint density at radius 3 is 2.33 bits per heavy atom. The smallest absolute Gasteiger partial charge is 0.132 e. The summed E-state index contributed by atoms with van der Waals surface area (Å²) >= 11 is 0. The van der Waals surface area contributed by atoms with Gasteiger partial charge >= 0.3 is 0 Å². The number of halogens is 2. The SMILES string of the molecule is CCc1ccc(OCc2ccc(F)cc2F)cc1. The highest BCUT2D eigenvalue weighted by Crippen LogP contribution is 2.16. The summed E-state index contributed by atoms with van der Waals surface area (Å²) in [4.78, 5) is 0. The fourth-order valence-corrected chi connectivity index (χ4v) is 1.62. The molecule has 0 aliphatic heterocycles. The zero-order valence-electron chi connectivity index (χ0n) is 10.1. The minimum atomic E-state index is -0.583. The minimum absolute atomic E-state index is 0.0948. The van der Waals surface area contributed by atoms with E-state index < -0.39 is 11.6 Å². The predicted molar refractivity (Wildman–Crippen MR) is 66.5 cm³/mol. The van der Waals surface area contributed by atoms with Crippen molar-refractivity contribution in [2.75, 3.05) is 0 Å². The number of ether oxygens (including phenoxy) is 1. The lowest BCUT2D eigenvalue weighted by Crippen LogP contribution is -1.99. The van der Waals surface area contributed by atoms with Crippen LogP contribution >= 0.6 is 0 Å². The maximum absolute atomic E-state index is 13.4. The Morgan fingerprint density at radius 1 is 1.00 bits per heavy atom. The summed E-state index contributed by atoms with van der Waals surface area (Å²) in [5.74, 6) is -0.486. The molecule has 2 aromatic carbocycles. The third-order valence-corrected chi connectivity index (χ3v) is 2.74. The van der Waals surface area contributed by atoms with Crippen molar-refractivity contribution >= 4 is 0 Å². The van der Waals surface area contributed by atoms with Gasteiger partial charge in [-0.25, -0.2) is 8.78 Å². The number of hydrogen-bond donors (Lipinski definition) is 0. The molecule has 0 saturated heterocycles. The van der Waals surface area contributed by atoms with E-state index in [9.17, 15) is 8.78 Å². The van der Waals surface area contributed by atoms with Gasteiger partial charge in [-0.3, -0.25) is 0 Å². The van der Waals surface area contributed by atoms with Crippen LogP contribution in [0.4, 0.5) is 8.78 Å². The first-order chi connectivity index (χ1) is 8.69. The minimum Gasteiger partial charge on any atom is -0.489 e. The Bertz CT molecular complexity index is 521. The molecule has 3 heteroatoms. The van der Waals surface area contributed by atoms with E-state index in [1.165, 1.54) is 17.7 Å². The molecule has 0 N–H and O–H groups in total. The van der Waals surface area contributed by atoms with Gasteiger partial charge < -0.3 is 4.74 Å². The van der Waals surface area contributed by atoms with E-state index in [0.29, 0.717) is 11.3 Å². The Kier molecular flexibility index (Phi) is 3.92. The molecule has 2 rings (SSSR count). The zero-order valence-corrected chi connectivity index (χ0v) is 10.1. The highest BCUT2D eigenvalue weighted by Gasteiger charge is 2.04. The molecule has 2 aromatic rings. The van der Waals surface area contributed by atoms with Crippen molar-refractivity contribution in [3.05, 3.63) is 65.2 Å². The molecule has 1 nitrogen and oxygen atoms in total. The van der Waals surface area contributed by atoms with Gasteiger partial charge in [0.1, 0.15) is 24.0 Å². The Hall–Kier alpha value is -1.90. The highest BCUT2D eigenvalue weighted by atomic mass is 19.1. The molecular weight excluding hydrogens is 234 g/mol. The zero-order chi connectivity index (χ0) is 13.0. The third-order valence-electron chi connectivity index (χ3n) is 2.74. The molecule has 0 atom stereocenters. The predicted octanol–water partition coefficient (Wildman–Crippen LogP) is 4.11. The number of hydrogen-bond acceptors (Lipinski definition) is 1. The lowest BCUT2D eigenvalue weighted by molar-refractivity contribution is 0.299. The monoisotopic (exact) mass is 248 g/mol. The Morgan fingerprint density at radius 2 is 1.72 bits per heavy atom. The van der Waals surface area contributed by atoms with Gasteiger partial charge in [0.2, 0.25) is 0 Å². The molecule has 0 spiro atoms. The largest absolute Gasteiger partial charge is 0.489 e. The van der Waals surface area contributed by atoms with Crippen molar-refractivity contribution in [3.63, 3.8) is 0 Å². The first-order valence-corrected chi connectivity index (χ1v) is 5.84. The number of rotatable bonds is 4. The molecule has 0 amide bonds. The van der Waals surface area contributed by atoms with Gasteiger partial charge in [-0.1, -0.05) is 19.1 Å². The van der Waals surface area contributed by atoms with Crippen LogP contribution in [-0.2, 0) is 13.0 Å². The summed E-state index contributed by atoms with van der Waals surface area (Å²) in [6.07, 6.45) is 0.965. The highest BCUT2D eigenvalue weighted by molar-refractivity contribution is 5.28. The van der Waals surface area contributed by atoms with Crippen molar-refractivity contribution in [2.24, 2.45) is 0 Å². The van der Waals surface area contributed by atoms with Crippen LogP contribution in [0.3, 0.4) is 0 Å². The topological polar surface area (TPSA) is 9.23 Å². The molecule has 0 heterocycles. The normalized spacial score (nSPS) is 10.4. The standard InChI is InChI=1S/C15H14F2O/c1-2-11-3-7-14(8-4-11)18-10-12-5-6-13(16)9-15(12)17/h3-9H,2,10H2,1H3. The van der Waals surface area contributed by atoms with Gasteiger partial charge in [-0.2, -0.15) is 0 Å². The van der Waals surface area contributed by atoms with Crippen molar-refractivity contribution < 1.29 is 13.5 Å². The summed E-state index contributed by atoms with van der Waals surface area (Å²) in [5, 5.41) is 0. The van der Waals surface area contributed by atoms with Gasteiger partial charge in [0, 0.05) is 11.6 Å². The van der Waals surface area contributed by atoms with Crippen molar-refractivity contribution in [1.82, 2.24) is 0 Å². The van der Waals surface area contributed by atoms with Gasteiger partial charge in [0.25, 0.3) is 0 Å². The van der Waals surface area contributed by atoms with Crippen LogP contribution in [0.2, 0.25) is 0 Å². The van der Waals surface area contributed by atoms with E-state index >= 15 is 0 Å². The molecule has 18 heavy (non-hydrogen) atoms. The van der Waals surface area contributed by atoms with Crippen LogP contribution in [-0.4, -0.2) is 0 Å². The fourth-order valence-electron chi connectivity index (χ4n) is 1.62. The van der Waals surface area contributed by atoms with Gasteiger partial charge in [0.05, 0.1) is 0 Å². The Labute approximate surface area is 105 Å². The number of benzene rings is 2. The second-order valence-corrected chi connectivity index (χ2v) is 4.02. The third kappa shape index (κ3) is 3.06. The lowest BCUT2D eigenvalue weighted by atomic mass is 10.2. The van der Waals surface area contributed by atoms with Crippen LogP contribution in [0.25, 0.3) is 0 Å². The Balaban J connectivity index is 2.02. The van der Waals surface area contributed by atoms with E-state index in [1.807, 2.05) is 24.3 Å². The second-order valence-electron chi connectivity index (χ2n) is 4.02. The van der Waals surface area contributed by atoms with Crippen LogP contribution < -0.4 is 4.74 Å². The van der Waals surface area contributed by atoms with E-state index in [0.717, 1.165) is 12.5 Å². The van der Waals surface area contributed by atoms with Gasteiger partial charge in [0.15, 0.2) is 0 Å². The van der Waals surface area contributed by atoms with E-state index in [4.69, 9.17) is 4.74 Å². The van der Waals surface area contributed by atoms with Crippen LogP contribution in [0.15, 0.2) is 42.5 Å². The lowest BCUT2D eigenvalue weighted by Gasteiger charge is -2.07. The average molecular weight is 248 g/mol. The number of aryl methyl sites for hydroxylation is 1. The van der Waals surface area contributed by atoms with E-state index in [-0.39, 0.29) is 6.61 Å². The molecule has 0 fully saturated rings. The van der Waals surface area contributed by atoms with Crippen molar-refractivity contribution in [3.8, 4) is 5.75 Å². The maximum Gasteiger partial charge on any atom is 0.132 e. The quantitative estimate of drug-likeness (QED) is 0.791. The molecule has 0 aliphatic carbocycles. The first kappa shape index (κ1) is 12.6. The van der Waals surface area contributed by atoms with Crippen molar-refractivity contribution in [1.29, 1.82) is 0 Å². The molecule has 0 unspecified atom stereocenters. The summed E-state index contributed by atoms with van der Waals surface area (Å²) in [6.45, 7) is 2.17. The van der Waals surface area contributed by atoms with Gasteiger partial charge in [-0.15, -0.1) is 0 Å². The van der Waals surface area contributed by atoms with E-state index in [2.05, 4.69) is 6.92 Å². The van der Waals surface area contributed by atoms with Crippen LogP contribution in [0.1, 0.15) is 18.1 Å². The fraction of sp³-hybridized carbons (Fsp3) is 0.200. The molecule has 0 saturated carbocycles. The second kappa shape index (κ2) is 5.63. The average Bonchev–Trinajstić information content (AvgIpc) is 2.38. The molecule has 0 radical (unpaired) electrons. The van der Waals surface area contributed by atoms with Crippen molar-refractivity contribution in [2.45, 2.75) is 20.0 Å².